The number of aromatic nitrogens is 2. The van der Waals surface area contributed by atoms with E-state index in [2.05, 4.69) is 28.4 Å². The number of nitrogens with zero attached hydrogens (tertiary/aromatic N) is 3. The smallest absolute Gasteiger partial charge is 0.242 e. The van der Waals surface area contributed by atoms with Gasteiger partial charge in [0.05, 0.1) is 15.9 Å². The Hall–Kier alpha value is -2.19. The molecule has 0 unspecified atom stereocenters. The first kappa shape index (κ1) is 21.1. The second-order valence-corrected chi connectivity index (χ2v) is 8.72. The van der Waals surface area contributed by atoms with Gasteiger partial charge in [0, 0.05) is 40.0 Å². The molecule has 0 radical (unpaired) electrons. The number of fused-ring (bicyclic) bond motifs is 1. The molecule has 1 aromatic carbocycles. The molecule has 8 heteroatoms. The van der Waals surface area contributed by atoms with E-state index in [0.717, 1.165) is 30.7 Å². The fraction of sp³-hybridized carbons (Fsp3) is 0.474. The highest BCUT2D eigenvalue weighted by molar-refractivity contribution is 7.89. The normalized spacial score (nSPS) is 11.9. The monoisotopic (exact) mass is 392 g/mol. The van der Waals surface area contributed by atoms with Crippen molar-refractivity contribution in [2.75, 3.05) is 20.6 Å². The largest absolute Gasteiger partial charge is 0.353 e. The van der Waals surface area contributed by atoms with Crippen LogP contribution in [0.5, 0.6) is 0 Å². The van der Waals surface area contributed by atoms with Crippen molar-refractivity contribution in [2.45, 2.75) is 44.0 Å². The second kappa shape index (κ2) is 9.14. The van der Waals surface area contributed by atoms with Gasteiger partial charge in [-0.05, 0) is 24.6 Å². The zero-order valence-electron chi connectivity index (χ0n) is 16.2. The van der Waals surface area contributed by atoms with Crippen LogP contribution in [0.3, 0.4) is 0 Å². The van der Waals surface area contributed by atoms with Crippen molar-refractivity contribution >= 4 is 27.0 Å². The van der Waals surface area contributed by atoms with Crippen LogP contribution in [0, 0.1) is 0 Å². The highest BCUT2D eigenvalue weighted by Gasteiger charge is 2.20. The number of nitrogens with one attached hydrogen (secondary N) is 1. The van der Waals surface area contributed by atoms with Gasteiger partial charge in [0.2, 0.25) is 15.9 Å². The quantitative estimate of drug-likeness (QED) is 0.629. The van der Waals surface area contributed by atoms with Crippen molar-refractivity contribution < 1.29 is 13.2 Å². The lowest BCUT2D eigenvalue weighted by atomic mass is 10.2. The minimum absolute atomic E-state index is 0.0557. The number of sulfonamides is 1. The van der Waals surface area contributed by atoms with Crippen LogP contribution in [0.4, 0.5) is 0 Å². The van der Waals surface area contributed by atoms with Gasteiger partial charge in [0.15, 0.2) is 0 Å². The fourth-order valence-corrected chi connectivity index (χ4v) is 3.71. The van der Waals surface area contributed by atoms with Gasteiger partial charge in [-0.15, -0.1) is 6.58 Å². The third-order valence-corrected chi connectivity index (χ3v) is 6.14. The first-order valence-electron chi connectivity index (χ1n) is 9.10. The molecule has 1 heterocycles. The molecule has 7 nitrogen and oxygen atoms in total. The third kappa shape index (κ3) is 4.95. The number of rotatable bonds is 10. The van der Waals surface area contributed by atoms with E-state index < -0.39 is 10.0 Å². The van der Waals surface area contributed by atoms with E-state index in [0.29, 0.717) is 24.9 Å². The summed E-state index contributed by atoms with van der Waals surface area (Å²) in [5.41, 5.74) is 1.53. The van der Waals surface area contributed by atoms with E-state index in [-0.39, 0.29) is 10.8 Å². The molecule has 0 spiro atoms. The number of hydrogen-bond donors (Lipinski definition) is 1. The molecular formula is C19H28N4O3S. The summed E-state index contributed by atoms with van der Waals surface area (Å²) in [6.45, 7) is 6.93. The number of hydrogen-bond acceptors (Lipinski definition) is 4. The lowest BCUT2D eigenvalue weighted by Crippen LogP contribution is -2.23. The molecule has 1 N–H and O–H groups in total. The van der Waals surface area contributed by atoms with Crippen LogP contribution in [0.25, 0.3) is 11.0 Å². The van der Waals surface area contributed by atoms with Crippen LogP contribution in [0.15, 0.2) is 35.7 Å². The van der Waals surface area contributed by atoms with Gasteiger partial charge in [-0.1, -0.05) is 19.4 Å². The first-order valence-corrected chi connectivity index (χ1v) is 10.5. The zero-order valence-corrected chi connectivity index (χ0v) is 17.1. The van der Waals surface area contributed by atoms with E-state index in [1.54, 1.807) is 24.3 Å². The Morgan fingerprint density at radius 3 is 2.74 bits per heavy atom. The van der Waals surface area contributed by atoms with Gasteiger partial charge in [-0.3, -0.25) is 4.79 Å². The standard InChI is InChI=1S/C19H28N4O3S/c1-5-7-13-23-17-9-8-15(27(25,26)22(3)4)14-16(17)21-18(23)10-11-19(24)20-12-6-2/h6,8-9,14H,2,5,7,10-13H2,1,3-4H3,(H,20,24). The predicted octanol–water partition coefficient (Wildman–Crippen LogP) is 2.32. The van der Waals surface area contributed by atoms with E-state index in [1.807, 2.05) is 0 Å². The predicted molar refractivity (Wildman–Crippen MR) is 107 cm³/mol. The highest BCUT2D eigenvalue weighted by atomic mass is 32.2. The van der Waals surface area contributed by atoms with Crippen LogP contribution >= 0.6 is 0 Å². The zero-order chi connectivity index (χ0) is 20.0. The SMILES string of the molecule is C=CCNC(=O)CCc1nc2cc(S(=O)(=O)N(C)C)ccc2n1CCCC. The molecule has 0 saturated heterocycles. The molecule has 1 aromatic heterocycles. The van der Waals surface area contributed by atoms with Gasteiger partial charge in [-0.2, -0.15) is 0 Å². The van der Waals surface area contributed by atoms with E-state index in [1.165, 1.54) is 18.4 Å². The summed E-state index contributed by atoms with van der Waals surface area (Å²) in [6.07, 6.45) is 4.48. The van der Waals surface area contributed by atoms with E-state index in [4.69, 9.17) is 0 Å². The van der Waals surface area contributed by atoms with E-state index >= 15 is 0 Å². The second-order valence-electron chi connectivity index (χ2n) is 6.56. The summed E-state index contributed by atoms with van der Waals surface area (Å²) in [5.74, 6) is 0.742. The van der Waals surface area contributed by atoms with Gasteiger partial charge >= 0.3 is 0 Å². The van der Waals surface area contributed by atoms with Gasteiger partial charge in [0.25, 0.3) is 0 Å². The maximum Gasteiger partial charge on any atom is 0.242 e. The Morgan fingerprint density at radius 2 is 2.11 bits per heavy atom. The summed E-state index contributed by atoms with van der Waals surface area (Å²) in [6, 6.07) is 5.02. The average Bonchev–Trinajstić information content (AvgIpc) is 2.99. The molecule has 0 fully saturated rings. The number of aryl methyl sites for hydroxylation is 2. The molecule has 0 aliphatic rings. The molecule has 2 rings (SSSR count). The summed E-state index contributed by atoms with van der Waals surface area (Å²) in [7, 11) is -0.501. The molecule has 27 heavy (non-hydrogen) atoms. The molecule has 0 atom stereocenters. The van der Waals surface area contributed by atoms with Crippen molar-refractivity contribution in [3.8, 4) is 0 Å². The molecular weight excluding hydrogens is 364 g/mol. The average molecular weight is 393 g/mol. The lowest BCUT2D eigenvalue weighted by molar-refractivity contribution is -0.120. The minimum Gasteiger partial charge on any atom is -0.353 e. The Bertz CT molecular complexity index is 916. The fourth-order valence-electron chi connectivity index (χ4n) is 2.79. The van der Waals surface area contributed by atoms with Gasteiger partial charge in [0.1, 0.15) is 5.82 Å². The number of imidazole rings is 1. The Kier molecular flexibility index (Phi) is 7.15. The minimum atomic E-state index is -3.51. The molecule has 2 aromatic rings. The van der Waals surface area contributed by atoms with Crippen molar-refractivity contribution in [2.24, 2.45) is 0 Å². The van der Waals surface area contributed by atoms with E-state index in [9.17, 15) is 13.2 Å². The Labute approximate surface area is 161 Å². The lowest BCUT2D eigenvalue weighted by Gasteiger charge is -2.11. The van der Waals surface area contributed by atoms with Crippen LogP contribution in [-0.4, -0.2) is 48.8 Å². The van der Waals surface area contributed by atoms with Crippen molar-refractivity contribution in [1.29, 1.82) is 0 Å². The third-order valence-electron chi connectivity index (χ3n) is 4.33. The van der Waals surface area contributed by atoms with Crippen LogP contribution < -0.4 is 5.32 Å². The molecule has 0 aliphatic heterocycles. The summed E-state index contributed by atoms with van der Waals surface area (Å²) in [4.78, 5) is 16.7. The Balaban J connectivity index is 2.37. The summed E-state index contributed by atoms with van der Waals surface area (Å²) in [5, 5.41) is 2.76. The van der Waals surface area contributed by atoms with Crippen molar-refractivity contribution in [3.63, 3.8) is 0 Å². The molecule has 0 saturated carbocycles. The number of amides is 1. The molecule has 0 bridgehead atoms. The number of carbonyl (C=O) groups is 1. The number of unbranched alkanes of at least 4 members (excludes halogenated alkanes) is 1. The maximum atomic E-state index is 12.4. The van der Waals surface area contributed by atoms with Crippen molar-refractivity contribution in [3.05, 3.63) is 36.7 Å². The topological polar surface area (TPSA) is 84.3 Å². The summed E-state index contributed by atoms with van der Waals surface area (Å²) >= 11 is 0. The highest BCUT2D eigenvalue weighted by Crippen LogP contribution is 2.23. The van der Waals surface area contributed by atoms with Crippen molar-refractivity contribution in [1.82, 2.24) is 19.2 Å². The maximum absolute atomic E-state index is 12.4. The first-order chi connectivity index (χ1) is 12.8. The molecule has 0 aliphatic carbocycles. The van der Waals surface area contributed by atoms with Crippen LogP contribution in [0.2, 0.25) is 0 Å². The van der Waals surface area contributed by atoms with Crippen LogP contribution in [-0.2, 0) is 27.8 Å². The molecule has 1 amide bonds. The Morgan fingerprint density at radius 1 is 1.37 bits per heavy atom. The molecule has 148 valence electrons. The van der Waals surface area contributed by atoms with Gasteiger partial charge < -0.3 is 9.88 Å². The van der Waals surface area contributed by atoms with Gasteiger partial charge in [-0.25, -0.2) is 17.7 Å². The number of carbonyl (C=O) groups excluding carboxylic acids is 1. The number of benzene rings is 1. The summed E-state index contributed by atoms with van der Waals surface area (Å²) < 4.78 is 28.0. The van der Waals surface area contributed by atoms with Crippen LogP contribution in [0.1, 0.15) is 32.0 Å².